The highest BCUT2D eigenvalue weighted by Crippen LogP contribution is 2.36. The summed E-state index contributed by atoms with van der Waals surface area (Å²) in [5.41, 5.74) is 5.88. The van der Waals surface area contributed by atoms with Gasteiger partial charge in [0.05, 0.1) is 6.42 Å². The molecule has 2 rings (SSSR count). The Morgan fingerprint density at radius 2 is 1.17 bits per heavy atom. The SMILES string of the molecule is CC(C)c1cc(C(C)C)c(CC(=O)NS(=O)(=O)O[13c]2[13c](C(C)C)[13cH][13cH][13cH][13c]2C(C)C)c(C(C)C)c1. The summed E-state index contributed by atoms with van der Waals surface area (Å²) in [5.74, 6) is 0.608. The van der Waals surface area contributed by atoms with Gasteiger partial charge in [-0.3, -0.25) is 4.79 Å². The second-order valence-corrected chi connectivity index (χ2v) is 12.2. The molecular weight excluding hydrogens is 464 g/mol. The molecule has 6 heteroatoms. The van der Waals surface area contributed by atoms with E-state index in [1.54, 1.807) is 0 Å². The van der Waals surface area contributed by atoms with Gasteiger partial charge in [-0.05, 0) is 63.0 Å². The average Bonchev–Trinajstić information content (AvgIpc) is 2.72. The first kappa shape index (κ1) is 28.9. The lowest BCUT2D eigenvalue weighted by atomic mass is 9.83. The quantitative estimate of drug-likeness (QED) is 0.367. The van der Waals surface area contributed by atoms with E-state index >= 15 is 0 Å². The van der Waals surface area contributed by atoms with Crippen molar-refractivity contribution < 1.29 is 17.4 Å². The van der Waals surface area contributed by atoms with E-state index in [9.17, 15) is 13.2 Å². The predicted molar refractivity (Wildman–Crippen MR) is 145 cm³/mol. The van der Waals surface area contributed by atoms with E-state index in [4.69, 9.17) is 4.18 Å². The maximum Gasteiger partial charge on any atom is 0.409 e. The summed E-state index contributed by atoms with van der Waals surface area (Å²) in [7, 11) is -4.35. The molecule has 35 heavy (non-hydrogen) atoms. The molecule has 5 nitrogen and oxygen atoms in total. The molecule has 0 unspecified atom stereocenters. The summed E-state index contributed by atoms with van der Waals surface area (Å²) in [6.07, 6.45) is -0.0230. The van der Waals surface area contributed by atoms with Crippen LogP contribution in [-0.4, -0.2) is 14.3 Å². The summed E-state index contributed by atoms with van der Waals surface area (Å²) < 4.78 is 33.7. The van der Waals surface area contributed by atoms with Crippen LogP contribution in [0, 0.1) is 0 Å². The van der Waals surface area contributed by atoms with Crippen molar-refractivity contribution in [3.63, 3.8) is 0 Å². The van der Waals surface area contributed by atoms with Gasteiger partial charge in [-0.25, -0.2) is 4.72 Å². The molecule has 0 aliphatic heterocycles. The molecule has 0 saturated carbocycles. The third-order valence-corrected chi connectivity index (χ3v) is 7.20. The molecule has 0 aliphatic rings. The van der Waals surface area contributed by atoms with Crippen LogP contribution in [0.15, 0.2) is 30.3 Å². The first-order chi connectivity index (χ1) is 16.1. The predicted octanol–water partition coefficient (Wildman–Crippen LogP) is 7.29. The lowest BCUT2D eigenvalue weighted by molar-refractivity contribution is -0.118. The van der Waals surface area contributed by atoms with Crippen LogP contribution in [0.1, 0.15) is 132 Å². The summed E-state index contributed by atoms with van der Waals surface area (Å²) in [6, 6.07) is 9.95. The lowest BCUT2D eigenvalue weighted by Crippen LogP contribution is -2.36. The molecule has 2 aromatic carbocycles. The molecular formula is C29H43NO4S. The summed E-state index contributed by atoms with van der Waals surface area (Å²) in [6.45, 7) is 20.6. The Morgan fingerprint density at radius 3 is 1.54 bits per heavy atom. The van der Waals surface area contributed by atoms with E-state index < -0.39 is 16.2 Å². The fourth-order valence-electron chi connectivity index (χ4n) is 4.35. The van der Waals surface area contributed by atoms with Gasteiger partial charge in [0.2, 0.25) is 5.91 Å². The van der Waals surface area contributed by atoms with Gasteiger partial charge in [-0.1, -0.05) is 99.6 Å². The molecule has 0 radical (unpaired) electrons. The highest BCUT2D eigenvalue weighted by Gasteiger charge is 2.25. The van der Waals surface area contributed by atoms with Crippen LogP contribution in [0.5, 0.6) is 5.75 Å². The average molecular weight is 508 g/mol. The third kappa shape index (κ3) is 7.33. The Morgan fingerprint density at radius 1 is 0.743 bits per heavy atom. The van der Waals surface area contributed by atoms with Crippen molar-refractivity contribution in [2.24, 2.45) is 0 Å². The molecule has 0 heterocycles. The Labute approximate surface area is 212 Å². The molecule has 0 aromatic heterocycles. The van der Waals surface area contributed by atoms with Crippen molar-refractivity contribution in [2.45, 2.75) is 105 Å². The first-order valence-corrected chi connectivity index (χ1v) is 14.1. The number of hydrogen-bond donors (Lipinski definition) is 1. The molecule has 0 bridgehead atoms. The third-order valence-electron chi connectivity index (χ3n) is 6.34. The van der Waals surface area contributed by atoms with Crippen molar-refractivity contribution in [3.05, 3.63) is 63.7 Å². The number of amides is 1. The number of nitrogens with one attached hydrogen (secondary N) is 1. The smallest absolute Gasteiger partial charge is 0.366 e. The van der Waals surface area contributed by atoms with Gasteiger partial charge in [-0.15, -0.1) is 0 Å². The van der Waals surface area contributed by atoms with Crippen LogP contribution in [-0.2, 0) is 21.5 Å². The maximum absolute atomic E-state index is 13.1. The van der Waals surface area contributed by atoms with Crippen LogP contribution < -0.4 is 8.91 Å². The molecule has 1 N–H and O–H groups in total. The van der Waals surface area contributed by atoms with Crippen LogP contribution in [0.25, 0.3) is 0 Å². The second kappa shape index (κ2) is 11.6. The summed E-state index contributed by atoms with van der Waals surface area (Å²) in [5, 5.41) is 0. The Hall–Kier alpha value is -2.34. The summed E-state index contributed by atoms with van der Waals surface area (Å²) >= 11 is 0. The van der Waals surface area contributed by atoms with Crippen molar-refractivity contribution in [3.8, 4) is 5.75 Å². The first-order valence-electron chi connectivity index (χ1n) is 12.7. The van der Waals surface area contributed by atoms with Gasteiger partial charge < -0.3 is 4.18 Å². The monoisotopic (exact) mass is 507 g/mol. The van der Waals surface area contributed by atoms with Crippen LogP contribution in [0.4, 0.5) is 0 Å². The van der Waals surface area contributed by atoms with Crippen molar-refractivity contribution in [1.29, 1.82) is 0 Å². The molecule has 2 aromatic rings. The second-order valence-electron chi connectivity index (χ2n) is 11.0. The largest absolute Gasteiger partial charge is 0.409 e. The van der Waals surface area contributed by atoms with Gasteiger partial charge >= 0.3 is 10.3 Å². The van der Waals surface area contributed by atoms with E-state index in [-0.39, 0.29) is 30.1 Å². The fourth-order valence-corrected chi connectivity index (χ4v) is 5.16. The number of para-hydroxylation sites is 1. The van der Waals surface area contributed by atoms with E-state index in [2.05, 4.69) is 58.4 Å². The zero-order valence-electron chi connectivity index (χ0n) is 23.0. The highest BCUT2D eigenvalue weighted by molar-refractivity contribution is 7.85. The standard InChI is InChI=1S/C29H43NO4S/c1-17(2)22-14-25(20(7)8)27(26(15-22)21(9)10)16-28(31)30-35(32,33)34-29-23(18(3)4)12-11-13-24(29)19(5)6/h11-15,17-21H,16H2,1-10H3,(H,30,31)/i11+1,12+1,13+1,23+1,24+1,29+1. The molecule has 1 amide bonds. The molecule has 0 fully saturated rings. The molecule has 0 spiro atoms. The number of hydrogen-bond acceptors (Lipinski definition) is 4. The van der Waals surface area contributed by atoms with Crippen molar-refractivity contribution in [2.75, 3.05) is 0 Å². The Bertz CT molecular complexity index is 1090. The maximum atomic E-state index is 13.1. The Kier molecular flexibility index (Phi) is 9.57. The van der Waals surface area contributed by atoms with Crippen LogP contribution in [0.2, 0.25) is 0 Å². The van der Waals surface area contributed by atoms with Crippen LogP contribution >= 0.6 is 0 Å². The zero-order chi connectivity index (χ0) is 26.7. The fraction of sp³-hybridized carbons (Fsp3) is 0.552. The normalized spacial score (nSPS) is 12.3. The number of benzene rings is 2. The zero-order valence-corrected chi connectivity index (χ0v) is 23.8. The topological polar surface area (TPSA) is 72.5 Å². The van der Waals surface area contributed by atoms with Gasteiger partial charge in [0.25, 0.3) is 0 Å². The van der Waals surface area contributed by atoms with Gasteiger partial charge in [0.1, 0.15) is 0 Å². The van der Waals surface area contributed by atoms with Crippen molar-refractivity contribution in [1.82, 2.24) is 4.72 Å². The van der Waals surface area contributed by atoms with E-state index in [1.165, 1.54) is 5.56 Å². The number of carbonyl (C=O) groups is 1. The molecule has 0 atom stereocenters. The van der Waals surface area contributed by atoms with Crippen LogP contribution in [0.3, 0.4) is 0 Å². The molecule has 0 aliphatic carbocycles. The minimum atomic E-state index is -4.35. The summed E-state index contributed by atoms with van der Waals surface area (Å²) in [4.78, 5) is 13.1. The number of rotatable bonds is 10. The molecule has 0 saturated heterocycles. The van der Waals surface area contributed by atoms with E-state index in [1.807, 2.05) is 45.9 Å². The Balaban J connectivity index is 2.40. The van der Waals surface area contributed by atoms with Gasteiger partial charge in [-0.2, -0.15) is 8.42 Å². The molecule has 194 valence electrons. The lowest BCUT2D eigenvalue weighted by Gasteiger charge is -2.23. The minimum absolute atomic E-state index is 0.0230. The van der Waals surface area contributed by atoms with E-state index in [0.29, 0.717) is 11.7 Å². The van der Waals surface area contributed by atoms with Gasteiger partial charge in [0.15, 0.2) is 5.75 Å². The minimum Gasteiger partial charge on any atom is -0.366 e. The van der Waals surface area contributed by atoms with Gasteiger partial charge in [0, 0.05) is 0 Å². The number of carbonyl (C=O) groups excluding carboxylic acids is 1. The van der Waals surface area contributed by atoms with E-state index in [0.717, 1.165) is 27.8 Å². The van der Waals surface area contributed by atoms with Crippen molar-refractivity contribution >= 4 is 16.2 Å². The highest BCUT2D eigenvalue weighted by atomic mass is 32.2.